The first-order valence-corrected chi connectivity index (χ1v) is 7.12. The number of quaternary nitrogens is 1. The van der Waals surface area contributed by atoms with Gasteiger partial charge in [-0.3, -0.25) is 4.48 Å². The molecule has 0 aromatic rings. The summed E-state index contributed by atoms with van der Waals surface area (Å²) in [7, 11) is 0. The van der Waals surface area contributed by atoms with Crippen LogP contribution in [0.5, 0.6) is 0 Å². The highest BCUT2D eigenvalue weighted by Crippen LogP contribution is 2.30. The summed E-state index contributed by atoms with van der Waals surface area (Å²) < 4.78 is 1.67. The van der Waals surface area contributed by atoms with Crippen molar-refractivity contribution in [3.05, 3.63) is 0 Å². The summed E-state index contributed by atoms with van der Waals surface area (Å²) >= 11 is 2.59. The van der Waals surface area contributed by atoms with Crippen LogP contribution >= 0.6 is 22.6 Å². The fraction of sp³-hybridized carbons (Fsp3) is 0.846. The van der Waals surface area contributed by atoms with Gasteiger partial charge in [0.2, 0.25) is 0 Å². The molecule has 0 spiro atoms. The predicted molar refractivity (Wildman–Crippen MR) is 76.9 cm³/mol. The zero-order valence-corrected chi connectivity index (χ0v) is 12.9. The van der Waals surface area contributed by atoms with Crippen LogP contribution in [0.4, 0.5) is 0 Å². The van der Waals surface area contributed by atoms with Gasteiger partial charge < -0.3 is 0 Å². The monoisotopic (exact) mass is 322 g/mol. The van der Waals surface area contributed by atoms with Gasteiger partial charge in [-0.15, -0.1) is 6.42 Å². The van der Waals surface area contributed by atoms with E-state index in [2.05, 4.69) is 63.1 Å². The highest BCUT2D eigenvalue weighted by atomic mass is 127. The van der Waals surface area contributed by atoms with Crippen molar-refractivity contribution >= 4 is 22.6 Å². The first kappa shape index (κ1) is 15.2. The normalized spacial score (nSPS) is 14.3. The van der Waals surface area contributed by atoms with E-state index < -0.39 is 0 Å². The van der Waals surface area contributed by atoms with E-state index in [1.165, 1.54) is 12.8 Å². The molecule has 0 bridgehead atoms. The number of hydrogen-bond acceptors (Lipinski definition) is 0. The van der Waals surface area contributed by atoms with Crippen LogP contribution in [0.1, 0.15) is 47.5 Å². The first-order chi connectivity index (χ1) is 6.93. The number of alkyl halides is 1. The molecule has 1 atom stereocenters. The number of rotatable bonds is 6. The number of terminal acetylenes is 1. The van der Waals surface area contributed by atoms with Gasteiger partial charge in [-0.25, -0.2) is 0 Å². The Bertz CT molecular complexity index is 207. The number of hydrogen-bond donors (Lipinski definition) is 0. The van der Waals surface area contributed by atoms with Crippen LogP contribution in [-0.2, 0) is 0 Å². The Morgan fingerprint density at radius 3 is 1.93 bits per heavy atom. The topological polar surface area (TPSA) is 0 Å². The fourth-order valence-electron chi connectivity index (χ4n) is 2.34. The van der Waals surface area contributed by atoms with Crippen molar-refractivity contribution in [2.24, 2.45) is 0 Å². The average Bonchev–Trinajstić information content (AvgIpc) is 2.13. The molecule has 0 rings (SSSR count). The molecular formula is C13H25IN+. The predicted octanol–water partition coefficient (Wildman–Crippen LogP) is 3.81. The summed E-state index contributed by atoms with van der Waals surface area (Å²) in [5, 5.41) is 0. The van der Waals surface area contributed by atoms with Crippen LogP contribution in [0.3, 0.4) is 0 Å². The van der Waals surface area contributed by atoms with E-state index in [0.717, 1.165) is 11.0 Å². The molecule has 0 aromatic carbocycles. The zero-order chi connectivity index (χ0) is 12.1. The van der Waals surface area contributed by atoms with Crippen molar-refractivity contribution in [2.75, 3.05) is 6.54 Å². The van der Waals surface area contributed by atoms with Crippen LogP contribution in [0.15, 0.2) is 0 Å². The van der Waals surface area contributed by atoms with E-state index in [9.17, 15) is 0 Å². The van der Waals surface area contributed by atoms with Gasteiger partial charge in [0.25, 0.3) is 0 Å². The van der Waals surface area contributed by atoms with E-state index in [4.69, 9.17) is 6.42 Å². The van der Waals surface area contributed by atoms with Gasteiger partial charge in [0.15, 0.2) is 0 Å². The highest BCUT2D eigenvalue weighted by molar-refractivity contribution is 14.1. The van der Waals surface area contributed by atoms with E-state index in [-0.39, 0.29) is 0 Å². The Labute approximate surface area is 109 Å². The van der Waals surface area contributed by atoms with E-state index in [1.54, 1.807) is 0 Å². The minimum Gasteiger partial charge on any atom is -0.299 e. The molecule has 0 saturated heterocycles. The largest absolute Gasteiger partial charge is 0.299 e. The standard InChI is InChI=1S/C13H25IN/c1-7-9-13(14)15(10-8-2,11(3)4)12(5)6/h2,11-13H,7,9-10H2,1,3-6H3/q+1. The third-order valence-electron chi connectivity index (χ3n) is 3.34. The Morgan fingerprint density at radius 1 is 1.20 bits per heavy atom. The van der Waals surface area contributed by atoms with Crippen molar-refractivity contribution in [3.8, 4) is 12.3 Å². The third-order valence-corrected chi connectivity index (χ3v) is 5.00. The second kappa shape index (κ2) is 6.75. The molecule has 2 heteroatoms. The molecule has 88 valence electrons. The van der Waals surface area contributed by atoms with E-state index in [1.807, 2.05) is 0 Å². The Hall–Kier alpha value is 0.250. The first-order valence-electron chi connectivity index (χ1n) is 5.88. The summed E-state index contributed by atoms with van der Waals surface area (Å²) in [5.41, 5.74) is 0. The zero-order valence-electron chi connectivity index (χ0n) is 10.8. The molecule has 0 aliphatic rings. The summed E-state index contributed by atoms with van der Waals surface area (Å²) in [6, 6.07) is 1.18. The minimum atomic E-state index is 0.592. The molecule has 0 aromatic heterocycles. The second-order valence-corrected chi connectivity index (χ2v) is 6.21. The van der Waals surface area contributed by atoms with Crippen molar-refractivity contribution in [3.63, 3.8) is 0 Å². The second-order valence-electron chi connectivity index (χ2n) is 4.77. The number of nitrogens with zero attached hydrogens (tertiary/aromatic N) is 1. The fourth-order valence-corrected chi connectivity index (χ4v) is 4.45. The molecule has 0 saturated carbocycles. The molecule has 0 radical (unpaired) electrons. The van der Waals surface area contributed by atoms with Crippen molar-refractivity contribution in [2.45, 2.75) is 63.6 Å². The van der Waals surface area contributed by atoms with Crippen LogP contribution < -0.4 is 0 Å². The summed E-state index contributed by atoms with van der Waals surface area (Å²) in [4.78, 5) is 0. The maximum atomic E-state index is 5.56. The van der Waals surface area contributed by atoms with Gasteiger partial charge in [-0.05, 0) is 62.6 Å². The Balaban J connectivity index is 5.04. The van der Waals surface area contributed by atoms with Crippen LogP contribution in [-0.4, -0.2) is 27.2 Å². The van der Waals surface area contributed by atoms with E-state index >= 15 is 0 Å². The minimum absolute atomic E-state index is 0.592. The molecule has 15 heavy (non-hydrogen) atoms. The maximum absolute atomic E-state index is 5.56. The molecule has 0 heterocycles. The van der Waals surface area contributed by atoms with Gasteiger partial charge >= 0.3 is 0 Å². The molecular weight excluding hydrogens is 297 g/mol. The summed E-state index contributed by atoms with van der Waals surface area (Å²) in [6.07, 6.45) is 8.04. The van der Waals surface area contributed by atoms with Crippen LogP contribution in [0.25, 0.3) is 0 Å². The summed E-state index contributed by atoms with van der Waals surface area (Å²) in [6.45, 7) is 12.3. The Morgan fingerprint density at radius 2 is 1.67 bits per heavy atom. The van der Waals surface area contributed by atoms with Gasteiger partial charge in [0.1, 0.15) is 10.6 Å². The smallest absolute Gasteiger partial charge is 0.141 e. The average molecular weight is 322 g/mol. The molecule has 0 amide bonds. The van der Waals surface area contributed by atoms with Gasteiger partial charge in [-0.1, -0.05) is 6.92 Å². The van der Waals surface area contributed by atoms with Gasteiger partial charge in [-0.2, -0.15) is 0 Å². The van der Waals surface area contributed by atoms with Gasteiger partial charge in [0.05, 0.1) is 12.1 Å². The molecule has 1 nitrogen and oxygen atoms in total. The SMILES string of the molecule is C#CC[N+](C(C)C)(C(C)C)C(I)CCC. The summed E-state index contributed by atoms with van der Waals surface area (Å²) in [5.74, 6) is 2.88. The van der Waals surface area contributed by atoms with E-state index in [0.29, 0.717) is 16.1 Å². The highest BCUT2D eigenvalue weighted by Gasteiger charge is 2.39. The lowest BCUT2D eigenvalue weighted by molar-refractivity contribution is -0.966. The lowest BCUT2D eigenvalue weighted by atomic mass is 10.1. The number of halogens is 1. The lowest BCUT2D eigenvalue weighted by Gasteiger charge is -2.48. The Kier molecular flexibility index (Phi) is 6.86. The molecule has 0 aliphatic heterocycles. The van der Waals surface area contributed by atoms with Gasteiger partial charge in [0, 0.05) is 6.42 Å². The lowest BCUT2D eigenvalue weighted by Crippen LogP contribution is -2.61. The van der Waals surface area contributed by atoms with Crippen molar-refractivity contribution in [1.29, 1.82) is 0 Å². The molecule has 0 fully saturated rings. The molecule has 1 unspecified atom stereocenters. The quantitative estimate of drug-likeness (QED) is 0.229. The van der Waals surface area contributed by atoms with Crippen LogP contribution in [0.2, 0.25) is 0 Å². The van der Waals surface area contributed by atoms with Crippen molar-refractivity contribution in [1.82, 2.24) is 0 Å². The van der Waals surface area contributed by atoms with Crippen molar-refractivity contribution < 1.29 is 4.48 Å². The molecule has 0 N–H and O–H groups in total. The molecule has 0 aliphatic carbocycles. The maximum Gasteiger partial charge on any atom is 0.141 e. The third kappa shape index (κ3) is 3.35. The van der Waals surface area contributed by atoms with Crippen LogP contribution in [0, 0.1) is 12.3 Å².